The van der Waals surface area contributed by atoms with E-state index in [1.54, 1.807) is 49.5 Å². The van der Waals surface area contributed by atoms with Gasteiger partial charge in [-0.1, -0.05) is 29.8 Å². The van der Waals surface area contributed by atoms with Gasteiger partial charge < -0.3 is 19.5 Å². The molecule has 0 spiro atoms. The number of hydrogen-bond acceptors (Lipinski definition) is 6. The molecule has 3 rings (SSSR count). The minimum Gasteiger partial charge on any atom is -0.493 e. The van der Waals surface area contributed by atoms with Crippen LogP contribution in [0.2, 0.25) is 5.02 Å². The number of carbonyl (C=O) groups excluding carboxylic acids is 2. The van der Waals surface area contributed by atoms with Crippen LogP contribution in [0.25, 0.3) is 0 Å². The van der Waals surface area contributed by atoms with E-state index in [0.29, 0.717) is 34.2 Å². The van der Waals surface area contributed by atoms with Gasteiger partial charge in [-0.15, -0.1) is 0 Å². The topological polar surface area (TPSA) is 99.6 Å². The number of methoxy groups -OCH3 is 1. The monoisotopic (exact) mass is 585 g/mol. The Morgan fingerprint density at radius 3 is 2.48 bits per heavy atom. The van der Waals surface area contributed by atoms with Gasteiger partial charge in [0.25, 0.3) is 0 Å². The number of hydrogen-bond donors (Lipinski definition) is 1. The van der Waals surface area contributed by atoms with Gasteiger partial charge in [0.15, 0.2) is 11.5 Å². The molecule has 2 aromatic carbocycles. The number of amides is 3. The van der Waals surface area contributed by atoms with Gasteiger partial charge in [0, 0.05) is 44.2 Å². The summed E-state index contributed by atoms with van der Waals surface area (Å²) in [6.45, 7) is -0.0326. The van der Waals surface area contributed by atoms with Crippen molar-refractivity contribution in [2.24, 2.45) is 0 Å². The minimum atomic E-state index is -4.44. The van der Waals surface area contributed by atoms with Crippen LogP contribution in [0.1, 0.15) is 36.4 Å². The second kappa shape index (κ2) is 13.7. The highest BCUT2D eigenvalue weighted by Gasteiger charge is 2.32. The van der Waals surface area contributed by atoms with Gasteiger partial charge in [-0.3, -0.25) is 19.4 Å². The third-order valence-corrected chi connectivity index (χ3v) is 6.70. The molecular formula is C27H31ClF3N3O6. The summed E-state index contributed by atoms with van der Waals surface area (Å²) < 4.78 is 50.7. The zero-order valence-corrected chi connectivity index (χ0v) is 22.9. The number of aliphatic carboxylic acids is 1. The Bertz CT molecular complexity index is 1200. The standard InChI is InChI=1S/C27H31ClF3N3O6/c1-32-11-9-24(35)34(26(32)38)13-14-40-22-8-3-18(15-23(22)39-2)17-33(12-10-27(29,30)31)21(16-25(36)37)19-4-6-20(28)7-5-19/h3-8,15,21H,9-14,16-17H2,1-2H3,(H,36,37). The number of imide groups is 1. The van der Waals surface area contributed by atoms with Crippen LogP contribution in [-0.2, 0) is 16.1 Å². The number of nitrogens with zero attached hydrogens (tertiary/aromatic N) is 3. The van der Waals surface area contributed by atoms with Crippen molar-refractivity contribution in [3.63, 3.8) is 0 Å². The molecule has 1 unspecified atom stereocenters. The molecule has 1 aliphatic rings. The normalized spacial score (nSPS) is 15.0. The lowest BCUT2D eigenvalue weighted by Gasteiger charge is -2.32. The summed E-state index contributed by atoms with van der Waals surface area (Å²) in [5.41, 5.74) is 1.09. The zero-order chi connectivity index (χ0) is 29.4. The smallest absolute Gasteiger partial charge is 0.390 e. The van der Waals surface area contributed by atoms with E-state index >= 15 is 0 Å². The third kappa shape index (κ3) is 8.75. The Morgan fingerprint density at radius 1 is 1.15 bits per heavy atom. The summed E-state index contributed by atoms with van der Waals surface area (Å²) in [6.07, 6.45) is -5.75. The van der Waals surface area contributed by atoms with Crippen molar-refractivity contribution in [3.8, 4) is 11.5 Å². The van der Waals surface area contributed by atoms with Crippen LogP contribution in [-0.4, -0.2) is 84.3 Å². The summed E-state index contributed by atoms with van der Waals surface area (Å²) in [4.78, 5) is 40.0. The number of alkyl halides is 3. The van der Waals surface area contributed by atoms with Gasteiger partial charge in [-0.05, 0) is 35.4 Å². The van der Waals surface area contributed by atoms with Crippen LogP contribution in [0.3, 0.4) is 0 Å². The summed E-state index contributed by atoms with van der Waals surface area (Å²) >= 11 is 5.96. The third-order valence-electron chi connectivity index (χ3n) is 6.45. The lowest BCUT2D eigenvalue weighted by atomic mass is 10.0. The first-order valence-electron chi connectivity index (χ1n) is 12.5. The average Bonchev–Trinajstić information content (AvgIpc) is 2.90. The molecule has 1 saturated heterocycles. The second-order valence-corrected chi connectivity index (χ2v) is 9.77. The number of carbonyl (C=O) groups is 3. The van der Waals surface area contributed by atoms with Gasteiger partial charge in [0.2, 0.25) is 5.91 Å². The number of urea groups is 1. The van der Waals surface area contributed by atoms with Crippen molar-refractivity contribution in [2.45, 2.75) is 38.0 Å². The minimum absolute atomic E-state index is 0.00356. The van der Waals surface area contributed by atoms with E-state index < -0.39 is 43.6 Å². The number of ether oxygens (including phenoxy) is 2. The van der Waals surface area contributed by atoms with Crippen LogP contribution in [0.5, 0.6) is 11.5 Å². The van der Waals surface area contributed by atoms with E-state index in [0.717, 1.165) is 4.90 Å². The maximum Gasteiger partial charge on any atom is 0.390 e. The Kier molecular flexibility index (Phi) is 10.6. The van der Waals surface area contributed by atoms with Gasteiger partial charge in [-0.2, -0.15) is 13.2 Å². The predicted molar refractivity (Wildman–Crippen MR) is 140 cm³/mol. The first-order chi connectivity index (χ1) is 18.9. The number of benzene rings is 2. The Hall–Kier alpha value is -3.51. The lowest BCUT2D eigenvalue weighted by Crippen LogP contribution is -2.51. The summed E-state index contributed by atoms with van der Waals surface area (Å²) in [6, 6.07) is 9.89. The molecule has 218 valence electrons. The summed E-state index contributed by atoms with van der Waals surface area (Å²) in [5, 5.41) is 9.94. The van der Waals surface area contributed by atoms with E-state index in [1.165, 1.54) is 16.9 Å². The molecule has 40 heavy (non-hydrogen) atoms. The highest BCUT2D eigenvalue weighted by molar-refractivity contribution is 6.30. The Morgan fingerprint density at radius 2 is 1.85 bits per heavy atom. The first-order valence-corrected chi connectivity index (χ1v) is 12.9. The molecule has 9 nitrogen and oxygen atoms in total. The van der Waals surface area contributed by atoms with Crippen molar-refractivity contribution in [1.82, 2.24) is 14.7 Å². The Labute approximate surface area is 235 Å². The molecule has 1 heterocycles. The van der Waals surface area contributed by atoms with E-state index in [-0.39, 0.29) is 32.0 Å². The van der Waals surface area contributed by atoms with Gasteiger partial charge in [0.1, 0.15) is 6.61 Å². The van der Waals surface area contributed by atoms with Crippen LogP contribution in [0.15, 0.2) is 42.5 Å². The predicted octanol–water partition coefficient (Wildman–Crippen LogP) is 4.98. The van der Waals surface area contributed by atoms with Crippen LogP contribution >= 0.6 is 11.6 Å². The molecule has 0 bridgehead atoms. The molecule has 0 aromatic heterocycles. The highest BCUT2D eigenvalue weighted by atomic mass is 35.5. The van der Waals surface area contributed by atoms with Gasteiger partial charge >= 0.3 is 18.2 Å². The van der Waals surface area contributed by atoms with Gasteiger partial charge in [-0.25, -0.2) is 4.79 Å². The van der Waals surface area contributed by atoms with E-state index in [9.17, 15) is 32.7 Å². The summed E-state index contributed by atoms with van der Waals surface area (Å²) in [7, 11) is 3.01. The van der Waals surface area contributed by atoms with Crippen molar-refractivity contribution >= 4 is 29.5 Å². The maximum atomic E-state index is 13.2. The fourth-order valence-corrected chi connectivity index (χ4v) is 4.49. The lowest BCUT2D eigenvalue weighted by molar-refractivity contribution is -0.142. The van der Waals surface area contributed by atoms with Gasteiger partial charge in [0.05, 0.1) is 26.5 Å². The first kappa shape index (κ1) is 31.0. The molecule has 2 aromatic rings. The fraction of sp³-hybridized carbons (Fsp3) is 0.444. The second-order valence-electron chi connectivity index (χ2n) is 9.33. The number of carboxylic acid groups (broad SMARTS) is 1. The van der Waals surface area contributed by atoms with E-state index in [1.807, 2.05) is 0 Å². The molecule has 1 N–H and O–H groups in total. The van der Waals surface area contributed by atoms with Crippen molar-refractivity contribution in [2.75, 3.05) is 40.4 Å². The molecule has 3 amide bonds. The maximum absolute atomic E-state index is 13.2. The molecule has 13 heteroatoms. The molecule has 0 saturated carbocycles. The van der Waals surface area contributed by atoms with Crippen molar-refractivity contribution < 1.29 is 42.1 Å². The van der Waals surface area contributed by atoms with Crippen LogP contribution < -0.4 is 9.47 Å². The largest absolute Gasteiger partial charge is 0.493 e. The quantitative estimate of drug-likeness (QED) is 0.354. The molecule has 1 aliphatic heterocycles. The molecule has 1 atom stereocenters. The van der Waals surface area contributed by atoms with E-state index in [2.05, 4.69) is 0 Å². The number of carboxylic acids is 1. The molecule has 1 fully saturated rings. The fourth-order valence-electron chi connectivity index (χ4n) is 4.36. The number of rotatable bonds is 13. The van der Waals surface area contributed by atoms with Crippen molar-refractivity contribution in [3.05, 3.63) is 58.6 Å². The Balaban J connectivity index is 1.79. The van der Waals surface area contributed by atoms with Crippen LogP contribution in [0, 0.1) is 0 Å². The number of halogens is 4. The van der Waals surface area contributed by atoms with E-state index in [4.69, 9.17) is 21.1 Å². The molecule has 0 aliphatic carbocycles. The van der Waals surface area contributed by atoms with Crippen LogP contribution in [0.4, 0.5) is 18.0 Å². The van der Waals surface area contributed by atoms with Crippen molar-refractivity contribution in [1.29, 1.82) is 0 Å². The summed E-state index contributed by atoms with van der Waals surface area (Å²) in [5.74, 6) is -0.833. The molecular weight excluding hydrogens is 555 g/mol. The highest BCUT2D eigenvalue weighted by Crippen LogP contribution is 2.33. The zero-order valence-electron chi connectivity index (χ0n) is 22.1. The molecule has 0 radical (unpaired) electrons. The average molecular weight is 586 g/mol. The SMILES string of the molecule is COc1cc(CN(CCC(F)(F)F)C(CC(=O)O)c2ccc(Cl)cc2)ccc1OCCN1C(=O)CCN(C)C1=O.